The van der Waals surface area contributed by atoms with E-state index in [9.17, 15) is 14.7 Å². The number of hydrogen-bond donors (Lipinski definition) is 2. The number of nitrogens with one attached hydrogen (secondary N) is 1. The highest BCUT2D eigenvalue weighted by Gasteiger charge is 2.28. The van der Waals surface area contributed by atoms with E-state index in [1.165, 1.54) is 7.11 Å². The Bertz CT molecular complexity index is 766. The Morgan fingerprint density at radius 3 is 2.60 bits per heavy atom. The molecule has 0 fully saturated rings. The van der Waals surface area contributed by atoms with Crippen LogP contribution in [0.5, 0.6) is 5.75 Å². The maximum absolute atomic E-state index is 12.6. The van der Waals surface area contributed by atoms with Crippen LogP contribution in [-0.4, -0.2) is 29.2 Å². The number of methoxy groups -OCH3 is 1. The van der Waals surface area contributed by atoms with E-state index < -0.39 is 17.9 Å². The summed E-state index contributed by atoms with van der Waals surface area (Å²) in [5.74, 6) is -0.330. The van der Waals surface area contributed by atoms with Gasteiger partial charge in [-0.3, -0.25) is 4.79 Å². The van der Waals surface area contributed by atoms with Crippen LogP contribution in [0, 0.1) is 0 Å². The van der Waals surface area contributed by atoms with Gasteiger partial charge in [-0.05, 0) is 37.0 Å². The number of aromatic nitrogens is 1. The number of ether oxygens (including phenoxy) is 1. The quantitative estimate of drug-likeness (QED) is 0.808. The van der Waals surface area contributed by atoms with Crippen molar-refractivity contribution in [1.82, 2.24) is 10.5 Å². The van der Waals surface area contributed by atoms with Gasteiger partial charge in [-0.25, -0.2) is 4.79 Å². The van der Waals surface area contributed by atoms with E-state index in [-0.39, 0.29) is 5.69 Å². The number of carbonyl (C=O) groups excluding carboxylic acids is 1. The number of hydrogen-bond acceptors (Lipinski definition) is 5. The Kier molecular flexibility index (Phi) is 5.02. The first-order valence-electron chi connectivity index (χ1n) is 8.25. The standard InChI is InChI=1S/C18H20N2O5/c1-24-12-9-7-11(8-10-12)15(18(22)23)19-17(21)16-13-5-3-2-4-6-14(13)25-20-16/h7-10,15H,2-6H2,1H3,(H,19,21)(H,22,23). The summed E-state index contributed by atoms with van der Waals surface area (Å²) in [6, 6.07) is 5.36. The van der Waals surface area contributed by atoms with Crippen molar-refractivity contribution >= 4 is 11.9 Å². The molecule has 2 aromatic rings. The van der Waals surface area contributed by atoms with Crippen molar-refractivity contribution in [2.75, 3.05) is 7.11 Å². The first-order valence-corrected chi connectivity index (χ1v) is 8.25. The lowest BCUT2D eigenvalue weighted by Crippen LogP contribution is -2.34. The van der Waals surface area contributed by atoms with Gasteiger partial charge < -0.3 is 19.7 Å². The van der Waals surface area contributed by atoms with Crippen LogP contribution in [0.4, 0.5) is 0 Å². The van der Waals surface area contributed by atoms with E-state index in [0.717, 1.165) is 43.4 Å². The number of benzene rings is 1. The van der Waals surface area contributed by atoms with E-state index in [1.807, 2.05) is 0 Å². The number of aliphatic carboxylic acids is 1. The van der Waals surface area contributed by atoms with Gasteiger partial charge in [0, 0.05) is 12.0 Å². The third-order valence-electron chi connectivity index (χ3n) is 4.39. The lowest BCUT2D eigenvalue weighted by Gasteiger charge is -2.15. The van der Waals surface area contributed by atoms with Crippen molar-refractivity contribution in [2.45, 2.75) is 38.1 Å². The Morgan fingerprint density at radius 1 is 1.20 bits per heavy atom. The lowest BCUT2D eigenvalue weighted by molar-refractivity contribution is -0.139. The summed E-state index contributed by atoms with van der Waals surface area (Å²) < 4.78 is 10.4. The first kappa shape index (κ1) is 17.0. The predicted octanol–water partition coefficient (Wildman–Crippen LogP) is 2.51. The zero-order valence-electron chi connectivity index (χ0n) is 13.9. The Balaban J connectivity index is 1.81. The number of rotatable bonds is 5. The molecule has 132 valence electrons. The van der Waals surface area contributed by atoms with Gasteiger partial charge in [0.05, 0.1) is 7.11 Å². The van der Waals surface area contributed by atoms with Crippen LogP contribution in [0.3, 0.4) is 0 Å². The van der Waals surface area contributed by atoms with E-state index >= 15 is 0 Å². The fraction of sp³-hybridized carbons (Fsp3) is 0.389. The fourth-order valence-electron chi connectivity index (χ4n) is 3.02. The molecule has 0 aliphatic heterocycles. The number of aryl methyl sites for hydroxylation is 1. The largest absolute Gasteiger partial charge is 0.497 e. The molecule has 0 radical (unpaired) electrons. The van der Waals surface area contributed by atoms with Crippen LogP contribution in [0.2, 0.25) is 0 Å². The number of amides is 1. The van der Waals surface area contributed by atoms with Crippen LogP contribution >= 0.6 is 0 Å². The van der Waals surface area contributed by atoms with Crippen molar-refractivity contribution in [2.24, 2.45) is 0 Å². The van der Waals surface area contributed by atoms with Crippen molar-refractivity contribution < 1.29 is 24.0 Å². The molecule has 1 heterocycles. The summed E-state index contributed by atoms with van der Waals surface area (Å²) >= 11 is 0. The smallest absolute Gasteiger partial charge is 0.330 e. The fourth-order valence-corrected chi connectivity index (χ4v) is 3.02. The molecule has 1 unspecified atom stereocenters. The van der Waals surface area contributed by atoms with Crippen LogP contribution in [0.15, 0.2) is 28.8 Å². The van der Waals surface area contributed by atoms with Crippen LogP contribution in [-0.2, 0) is 17.6 Å². The summed E-state index contributed by atoms with van der Waals surface area (Å²) in [4.78, 5) is 24.2. The number of nitrogens with zero attached hydrogens (tertiary/aromatic N) is 1. The minimum Gasteiger partial charge on any atom is -0.497 e. The molecule has 7 nitrogen and oxygen atoms in total. The monoisotopic (exact) mass is 344 g/mol. The van der Waals surface area contributed by atoms with Gasteiger partial charge in [-0.2, -0.15) is 0 Å². The highest BCUT2D eigenvalue weighted by atomic mass is 16.5. The molecule has 1 aliphatic rings. The summed E-state index contributed by atoms with van der Waals surface area (Å²) in [5.41, 5.74) is 1.45. The molecule has 2 N–H and O–H groups in total. The van der Waals surface area contributed by atoms with Crippen molar-refractivity contribution in [3.8, 4) is 5.75 Å². The maximum Gasteiger partial charge on any atom is 0.330 e. The van der Waals surface area contributed by atoms with Crippen LogP contribution in [0.1, 0.15) is 52.7 Å². The molecular formula is C18H20N2O5. The number of fused-ring (bicyclic) bond motifs is 1. The second kappa shape index (κ2) is 7.38. The van der Waals surface area contributed by atoms with E-state index in [2.05, 4.69) is 10.5 Å². The molecule has 0 saturated carbocycles. The van der Waals surface area contributed by atoms with Gasteiger partial charge in [-0.1, -0.05) is 23.7 Å². The normalized spacial score (nSPS) is 14.9. The molecule has 1 amide bonds. The number of carboxylic acids is 1. The van der Waals surface area contributed by atoms with Gasteiger partial charge >= 0.3 is 5.97 Å². The number of carboxylic acid groups (broad SMARTS) is 1. The second-order valence-electron chi connectivity index (χ2n) is 6.01. The van der Waals surface area contributed by atoms with Gasteiger partial charge in [0.25, 0.3) is 5.91 Å². The molecule has 3 rings (SSSR count). The van der Waals surface area contributed by atoms with Gasteiger partial charge in [0.2, 0.25) is 0 Å². The zero-order valence-corrected chi connectivity index (χ0v) is 13.9. The topological polar surface area (TPSA) is 102 Å². The Hall–Kier alpha value is -2.83. The lowest BCUT2D eigenvalue weighted by atomic mass is 10.0. The minimum absolute atomic E-state index is 0.191. The van der Waals surface area contributed by atoms with Gasteiger partial charge in [0.15, 0.2) is 11.7 Å². The third kappa shape index (κ3) is 3.65. The average molecular weight is 344 g/mol. The molecule has 7 heteroatoms. The second-order valence-corrected chi connectivity index (χ2v) is 6.01. The van der Waals surface area contributed by atoms with Crippen molar-refractivity contribution in [3.63, 3.8) is 0 Å². The molecule has 1 aromatic carbocycles. The molecule has 0 saturated heterocycles. The van der Waals surface area contributed by atoms with Gasteiger partial charge in [-0.15, -0.1) is 0 Å². The Morgan fingerprint density at radius 2 is 1.92 bits per heavy atom. The van der Waals surface area contributed by atoms with Gasteiger partial charge in [0.1, 0.15) is 11.5 Å². The van der Waals surface area contributed by atoms with Crippen LogP contribution in [0.25, 0.3) is 0 Å². The van der Waals surface area contributed by atoms with Crippen molar-refractivity contribution in [1.29, 1.82) is 0 Å². The molecule has 25 heavy (non-hydrogen) atoms. The maximum atomic E-state index is 12.6. The summed E-state index contributed by atoms with van der Waals surface area (Å²) in [5, 5.41) is 15.9. The first-order chi connectivity index (χ1) is 12.1. The van der Waals surface area contributed by atoms with E-state index in [1.54, 1.807) is 24.3 Å². The molecule has 1 atom stereocenters. The zero-order chi connectivity index (χ0) is 17.8. The molecular weight excluding hydrogens is 324 g/mol. The van der Waals surface area contributed by atoms with Crippen molar-refractivity contribution in [3.05, 3.63) is 46.8 Å². The summed E-state index contributed by atoms with van der Waals surface area (Å²) in [6.07, 6.45) is 4.54. The minimum atomic E-state index is -1.17. The highest BCUT2D eigenvalue weighted by molar-refractivity contribution is 5.96. The van der Waals surface area contributed by atoms with Crippen LogP contribution < -0.4 is 10.1 Å². The Labute approximate surface area is 145 Å². The molecule has 1 aromatic heterocycles. The third-order valence-corrected chi connectivity index (χ3v) is 4.39. The molecule has 0 bridgehead atoms. The number of carbonyl (C=O) groups is 2. The average Bonchev–Trinajstić information content (AvgIpc) is 2.88. The molecule has 1 aliphatic carbocycles. The molecule has 0 spiro atoms. The highest BCUT2D eigenvalue weighted by Crippen LogP contribution is 2.24. The van der Waals surface area contributed by atoms with E-state index in [0.29, 0.717) is 11.3 Å². The summed E-state index contributed by atoms with van der Waals surface area (Å²) in [7, 11) is 1.53. The SMILES string of the molecule is COc1ccc(C(NC(=O)c2noc3c2CCCCC3)C(=O)O)cc1. The summed E-state index contributed by atoms with van der Waals surface area (Å²) in [6.45, 7) is 0. The van der Waals surface area contributed by atoms with E-state index in [4.69, 9.17) is 9.26 Å². The predicted molar refractivity (Wildman–Crippen MR) is 88.6 cm³/mol.